The number of halogens is 1. The second-order valence-corrected chi connectivity index (χ2v) is 9.51. The normalized spacial score (nSPS) is 13.5. The van der Waals surface area contributed by atoms with E-state index in [9.17, 15) is 4.79 Å². The molecule has 0 aliphatic heterocycles. The highest BCUT2D eigenvalue weighted by Gasteiger charge is 2.29. The average Bonchev–Trinajstić information content (AvgIpc) is 2.04. The van der Waals surface area contributed by atoms with Crippen molar-refractivity contribution in [3.8, 4) is 0 Å². The third-order valence-electron chi connectivity index (χ3n) is 2.19. The van der Waals surface area contributed by atoms with Gasteiger partial charge in [0.1, 0.15) is 5.33 Å². The first kappa shape index (κ1) is 12.9. The van der Waals surface area contributed by atoms with Gasteiger partial charge in [-0.05, 0) is 13.0 Å². The Bertz CT molecular complexity index is 192. The van der Waals surface area contributed by atoms with Crippen molar-refractivity contribution in [3.63, 3.8) is 0 Å². The SMILES string of the molecule is C=CC[Si](C)(C)C(C)OC(=O)CBr. The summed E-state index contributed by atoms with van der Waals surface area (Å²) < 4.78 is 5.24. The Morgan fingerprint density at radius 1 is 1.69 bits per heavy atom. The molecule has 0 aromatic carbocycles. The Labute approximate surface area is 89.5 Å². The summed E-state index contributed by atoms with van der Waals surface area (Å²) in [6, 6.07) is 0.976. The van der Waals surface area contributed by atoms with Crippen LogP contribution in [0.1, 0.15) is 6.92 Å². The van der Waals surface area contributed by atoms with Gasteiger partial charge >= 0.3 is 5.97 Å². The molecule has 0 aliphatic rings. The molecule has 0 bridgehead atoms. The summed E-state index contributed by atoms with van der Waals surface area (Å²) in [5.74, 6) is -0.183. The van der Waals surface area contributed by atoms with Crippen molar-refractivity contribution in [2.45, 2.75) is 31.8 Å². The van der Waals surface area contributed by atoms with Crippen LogP contribution in [0.25, 0.3) is 0 Å². The van der Waals surface area contributed by atoms with Crippen molar-refractivity contribution in [1.82, 2.24) is 0 Å². The molecule has 0 spiro atoms. The lowest BCUT2D eigenvalue weighted by molar-refractivity contribution is -0.141. The molecular formula is C9H17BrO2Si. The largest absolute Gasteiger partial charge is 0.466 e. The van der Waals surface area contributed by atoms with Crippen molar-refractivity contribution >= 4 is 30.0 Å². The van der Waals surface area contributed by atoms with Crippen molar-refractivity contribution in [3.05, 3.63) is 12.7 Å². The molecular weight excluding hydrogens is 248 g/mol. The minimum absolute atomic E-state index is 0.0514. The number of carbonyl (C=O) groups is 1. The van der Waals surface area contributed by atoms with Crippen LogP contribution in [0.3, 0.4) is 0 Å². The molecule has 1 atom stereocenters. The fourth-order valence-corrected chi connectivity index (χ4v) is 2.58. The second kappa shape index (κ2) is 5.60. The number of hydrogen-bond acceptors (Lipinski definition) is 2. The molecule has 0 aliphatic carbocycles. The molecule has 13 heavy (non-hydrogen) atoms. The van der Waals surface area contributed by atoms with Gasteiger partial charge in [-0.2, -0.15) is 0 Å². The van der Waals surface area contributed by atoms with E-state index >= 15 is 0 Å². The van der Waals surface area contributed by atoms with Gasteiger partial charge in [-0.1, -0.05) is 35.1 Å². The van der Waals surface area contributed by atoms with Crippen LogP contribution in [0.5, 0.6) is 0 Å². The molecule has 4 heteroatoms. The van der Waals surface area contributed by atoms with E-state index in [4.69, 9.17) is 4.74 Å². The van der Waals surface area contributed by atoms with E-state index in [0.717, 1.165) is 6.04 Å². The summed E-state index contributed by atoms with van der Waals surface area (Å²) >= 11 is 3.07. The highest BCUT2D eigenvalue weighted by atomic mass is 79.9. The molecule has 0 aromatic rings. The van der Waals surface area contributed by atoms with Crippen LogP contribution in [0.15, 0.2) is 12.7 Å². The molecule has 2 nitrogen and oxygen atoms in total. The van der Waals surface area contributed by atoms with E-state index in [1.807, 2.05) is 13.0 Å². The maximum Gasteiger partial charge on any atom is 0.316 e. The van der Waals surface area contributed by atoms with Gasteiger partial charge in [-0.15, -0.1) is 6.58 Å². The molecule has 0 rings (SSSR count). The third-order valence-corrected chi connectivity index (χ3v) is 6.31. The van der Waals surface area contributed by atoms with Crippen LogP contribution in [0.4, 0.5) is 0 Å². The zero-order valence-corrected chi connectivity index (χ0v) is 11.1. The maximum absolute atomic E-state index is 11.0. The molecule has 0 aromatic heterocycles. The number of hydrogen-bond donors (Lipinski definition) is 0. The quantitative estimate of drug-likeness (QED) is 0.331. The second-order valence-electron chi connectivity index (χ2n) is 3.75. The fraction of sp³-hybridized carbons (Fsp3) is 0.667. The van der Waals surface area contributed by atoms with Crippen LogP contribution >= 0.6 is 15.9 Å². The summed E-state index contributed by atoms with van der Waals surface area (Å²) in [6.45, 7) is 10.1. The third kappa shape index (κ3) is 4.62. The predicted octanol–water partition coefficient (Wildman–Crippen LogP) is 2.75. The van der Waals surface area contributed by atoms with E-state index in [1.54, 1.807) is 0 Å². The molecule has 1 unspecified atom stereocenters. The molecule has 0 saturated carbocycles. The predicted molar refractivity (Wildman–Crippen MR) is 61.8 cm³/mol. The van der Waals surface area contributed by atoms with Crippen LogP contribution < -0.4 is 0 Å². The number of rotatable bonds is 5. The Balaban J connectivity index is 4.14. The lowest BCUT2D eigenvalue weighted by Gasteiger charge is -2.27. The number of ether oxygens (including phenoxy) is 1. The Morgan fingerprint density at radius 3 is 2.62 bits per heavy atom. The maximum atomic E-state index is 11.0. The molecule has 76 valence electrons. The Hall–Kier alpha value is -0.0931. The van der Waals surface area contributed by atoms with Crippen molar-refractivity contribution in [1.29, 1.82) is 0 Å². The van der Waals surface area contributed by atoms with Crippen molar-refractivity contribution in [2.75, 3.05) is 5.33 Å². The lowest BCUT2D eigenvalue weighted by atomic mass is 10.7. The number of alkyl halides is 1. The fourth-order valence-electron chi connectivity index (χ4n) is 0.926. The van der Waals surface area contributed by atoms with Crippen LogP contribution in [-0.2, 0) is 9.53 Å². The summed E-state index contributed by atoms with van der Waals surface area (Å²) in [5, 5.41) is 0.274. The summed E-state index contributed by atoms with van der Waals surface area (Å²) in [6.07, 6.45) is 1.91. The van der Waals surface area contributed by atoms with Gasteiger partial charge < -0.3 is 4.74 Å². The molecule has 0 heterocycles. The van der Waals surface area contributed by atoms with Crippen LogP contribution in [0.2, 0.25) is 19.1 Å². The Morgan fingerprint density at radius 2 is 2.23 bits per heavy atom. The first-order valence-corrected chi connectivity index (χ1v) is 8.71. The zero-order chi connectivity index (χ0) is 10.5. The number of allylic oxidation sites excluding steroid dienone is 1. The van der Waals surface area contributed by atoms with Crippen LogP contribution in [-0.4, -0.2) is 25.1 Å². The van der Waals surface area contributed by atoms with Crippen molar-refractivity contribution in [2.24, 2.45) is 0 Å². The van der Waals surface area contributed by atoms with E-state index in [0.29, 0.717) is 0 Å². The monoisotopic (exact) mass is 264 g/mol. The van der Waals surface area contributed by atoms with E-state index in [1.165, 1.54) is 0 Å². The van der Waals surface area contributed by atoms with E-state index < -0.39 is 8.07 Å². The summed E-state index contributed by atoms with van der Waals surface area (Å²) in [7, 11) is -1.47. The van der Waals surface area contributed by atoms with Gasteiger partial charge in [0.05, 0.1) is 13.8 Å². The molecule has 0 fully saturated rings. The summed E-state index contributed by atoms with van der Waals surface area (Å²) in [5.41, 5.74) is 0.0514. The molecule has 0 saturated heterocycles. The molecule has 0 radical (unpaired) electrons. The number of carbonyl (C=O) groups excluding carboxylic acids is 1. The van der Waals surface area contributed by atoms with Gasteiger partial charge in [0.15, 0.2) is 0 Å². The smallest absolute Gasteiger partial charge is 0.316 e. The minimum Gasteiger partial charge on any atom is -0.466 e. The zero-order valence-electron chi connectivity index (χ0n) is 8.47. The average molecular weight is 265 g/mol. The highest BCUT2D eigenvalue weighted by Crippen LogP contribution is 2.17. The highest BCUT2D eigenvalue weighted by molar-refractivity contribution is 9.09. The topological polar surface area (TPSA) is 26.3 Å². The van der Waals surface area contributed by atoms with Gasteiger partial charge in [0.25, 0.3) is 0 Å². The van der Waals surface area contributed by atoms with E-state index in [2.05, 4.69) is 35.6 Å². The van der Waals surface area contributed by atoms with Gasteiger partial charge in [-0.3, -0.25) is 4.79 Å². The van der Waals surface area contributed by atoms with Gasteiger partial charge in [0, 0.05) is 0 Å². The van der Waals surface area contributed by atoms with E-state index in [-0.39, 0.29) is 17.0 Å². The lowest BCUT2D eigenvalue weighted by Crippen LogP contribution is -2.42. The Kier molecular flexibility index (Phi) is 5.56. The standard InChI is InChI=1S/C9H17BrO2Si/c1-5-6-13(3,4)8(2)12-9(11)7-10/h5,8H,1,6-7H2,2-4H3. The molecule has 0 N–H and O–H groups in total. The molecule has 0 amide bonds. The van der Waals surface area contributed by atoms with Crippen LogP contribution in [0, 0.1) is 0 Å². The van der Waals surface area contributed by atoms with Gasteiger partial charge in [0.2, 0.25) is 0 Å². The van der Waals surface area contributed by atoms with Gasteiger partial charge in [-0.25, -0.2) is 0 Å². The first-order chi connectivity index (χ1) is 5.94. The summed E-state index contributed by atoms with van der Waals surface area (Å²) in [4.78, 5) is 11.0. The van der Waals surface area contributed by atoms with Crippen molar-refractivity contribution < 1.29 is 9.53 Å². The first-order valence-electron chi connectivity index (χ1n) is 4.30. The number of esters is 1. The minimum atomic E-state index is -1.47.